The summed E-state index contributed by atoms with van der Waals surface area (Å²) in [7, 11) is 1.63. The summed E-state index contributed by atoms with van der Waals surface area (Å²) >= 11 is 0. The van der Waals surface area contributed by atoms with Crippen molar-refractivity contribution in [1.82, 2.24) is 14.5 Å². The van der Waals surface area contributed by atoms with Crippen molar-refractivity contribution in [2.24, 2.45) is 0 Å². The molecule has 0 saturated carbocycles. The van der Waals surface area contributed by atoms with Gasteiger partial charge in [0.05, 0.1) is 24.3 Å². The van der Waals surface area contributed by atoms with Crippen molar-refractivity contribution >= 4 is 16.7 Å². The molecular weight excluding hydrogens is 336 g/mol. The van der Waals surface area contributed by atoms with Gasteiger partial charge in [0, 0.05) is 12.2 Å². The second kappa shape index (κ2) is 7.50. The molecule has 0 amide bonds. The van der Waals surface area contributed by atoms with Gasteiger partial charge in [-0.2, -0.15) is 0 Å². The largest absolute Gasteiger partial charge is 0.495 e. The molecule has 2 aromatic carbocycles. The molecule has 0 spiro atoms. The Kier molecular flexibility index (Phi) is 4.75. The van der Waals surface area contributed by atoms with Crippen LogP contribution in [-0.4, -0.2) is 21.6 Å². The first-order valence-electron chi connectivity index (χ1n) is 9.06. The minimum atomic E-state index is 0.738. The van der Waals surface area contributed by atoms with Crippen molar-refractivity contribution in [3.63, 3.8) is 0 Å². The maximum Gasteiger partial charge on any atom is 0.138 e. The predicted molar refractivity (Wildman–Crippen MR) is 109 cm³/mol. The molecule has 0 saturated heterocycles. The summed E-state index contributed by atoms with van der Waals surface area (Å²) in [4.78, 5) is 8.96. The predicted octanol–water partition coefficient (Wildman–Crippen LogP) is 4.60. The van der Waals surface area contributed by atoms with Crippen molar-refractivity contribution in [2.45, 2.75) is 19.9 Å². The van der Waals surface area contributed by atoms with Gasteiger partial charge < -0.3 is 10.1 Å². The number of nitrogens with zero attached hydrogens (tertiary/aromatic N) is 3. The fraction of sp³-hybridized carbons (Fsp3) is 0.182. The molecular formula is C22H22N4O. The maximum atomic E-state index is 5.17. The van der Waals surface area contributed by atoms with Crippen LogP contribution in [0, 0.1) is 0 Å². The van der Waals surface area contributed by atoms with Gasteiger partial charge in [-0.1, -0.05) is 31.2 Å². The van der Waals surface area contributed by atoms with Crippen molar-refractivity contribution in [3.05, 3.63) is 78.2 Å². The van der Waals surface area contributed by atoms with Gasteiger partial charge in [-0.3, -0.25) is 4.57 Å². The zero-order valence-electron chi connectivity index (χ0n) is 15.5. The Morgan fingerprint density at radius 3 is 2.48 bits per heavy atom. The van der Waals surface area contributed by atoms with Gasteiger partial charge in [-0.15, -0.1) is 0 Å². The lowest BCUT2D eigenvalue weighted by Crippen LogP contribution is -2.00. The van der Waals surface area contributed by atoms with E-state index in [1.54, 1.807) is 19.6 Å². The number of ether oxygens (including phenoxy) is 1. The second-order valence-corrected chi connectivity index (χ2v) is 6.40. The van der Waals surface area contributed by atoms with Crippen molar-refractivity contribution in [3.8, 4) is 11.6 Å². The molecule has 0 aliphatic carbocycles. The molecule has 2 aromatic heterocycles. The summed E-state index contributed by atoms with van der Waals surface area (Å²) in [6, 6.07) is 18.7. The molecule has 0 fully saturated rings. The highest BCUT2D eigenvalue weighted by Gasteiger charge is 2.07. The number of aromatic nitrogens is 3. The highest BCUT2D eigenvalue weighted by Crippen LogP contribution is 2.22. The van der Waals surface area contributed by atoms with Crippen LogP contribution in [0.3, 0.4) is 0 Å². The second-order valence-electron chi connectivity index (χ2n) is 6.40. The molecule has 0 atom stereocenters. The van der Waals surface area contributed by atoms with Crippen LogP contribution in [-0.2, 0) is 13.0 Å². The third kappa shape index (κ3) is 3.62. The van der Waals surface area contributed by atoms with E-state index in [1.807, 2.05) is 16.7 Å². The average Bonchev–Trinajstić information content (AvgIpc) is 3.16. The Balaban J connectivity index is 1.52. The van der Waals surface area contributed by atoms with Crippen molar-refractivity contribution < 1.29 is 4.74 Å². The lowest BCUT2D eigenvalue weighted by atomic mass is 10.1. The number of anilines is 1. The van der Waals surface area contributed by atoms with E-state index < -0.39 is 0 Å². The molecule has 0 aliphatic rings. The minimum absolute atomic E-state index is 0.738. The SMILES string of the molecule is CCc1ccc(CNc2ccc3c(c2)ncn3-c2ccc(OC)cn2)cc1. The van der Waals surface area contributed by atoms with Gasteiger partial charge in [-0.05, 0) is 47.9 Å². The van der Waals surface area contributed by atoms with E-state index in [1.165, 1.54) is 11.1 Å². The number of hydrogen-bond donors (Lipinski definition) is 1. The molecule has 5 nitrogen and oxygen atoms in total. The van der Waals surface area contributed by atoms with E-state index in [2.05, 4.69) is 64.7 Å². The van der Waals surface area contributed by atoms with Gasteiger partial charge in [0.25, 0.3) is 0 Å². The summed E-state index contributed by atoms with van der Waals surface area (Å²) in [6.07, 6.45) is 4.57. The number of fused-ring (bicyclic) bond motifs is 1. The van der Waals surface area contributed by atoms with Crippen LogP contribution >= 0.6 is 0 Å². The molecule has 0 unspecified atom stereocenters. The normalized spacial score (nSPS) is 10.9. The van der Waals surface area contributed by atoms with Crippen LogP contribution in [0.25, 0.3) is 16.9 Å². The molecule has 5 heteroatoms. The number of hydrogen-bond acceptors (Lipinski definition) is 4. The molecule has 0 aliphatic heterocycles. The molecule has 0 bridgehead atoms. The monoisotopic (exact) mass is 358 g/mol. The van der Waals surface area contributed by atoms with Crippen LogP contribution < -0.4 is 10.1 Å². The third-order valence-corrected chi connectivity index (χ3v) is 4.68. The summed E-state index contributed by atoms with van der Waals surface area (Å²) in [6.45, 7) is 2.96. The minimum Gasteiger partial charge on any atom is -0.495 e. The smallest absolute Gasteiger partial charge is 0.138 e. The number of methoxy groups -OCH3 is 1. The Morgan fingerprint density at radius 1 is 0.963 bits per heavy atom. The van der Waals surface area contributed by atoms with E-state index in [-0.39, 0.29) is 0 Å². The Morgan fingerprint density at radius 2 is 1.78 bits per heavy atom. The zero-order valence-corrected chi connectivity index (χ0v) is 15.5. The number of imidazole rings is 1. The van der Waals surface area contributed by atoms with E-state index >= 15 is 0 Å². The molecule has 0 radical (unpaired) electrons. The van der Waals surface area contributed by atoms with Crippen LogP contribution in [0.2, 0.25) is 0 Å². The summed E-state index contributed by atoms with van der Waals surface area (Å²) in [5, 5.41) is 3.47. The fourth-order valence-corrected chi connectivity index (χ4v) is 3.04. The lowest BCUT2D eigenvalue weighted by molar-refractivity contribution is 0.413. The number of nitrogens with one attached hydrogen (secondary N) is 1. The molecule has 4 rings (SSSR count). The Hall–Kier alpha value is -3.34. The lowest BCUT2D eigenvalue weighted by Gasteiger charge is -2.08. The molecule has 1 N–H and O–H groups in total. The van der Waals surface area contributed by atoms with Crippen LogP contribution in [0.4, 0.5) is 5.69 Å². The van der Waals surface area contributed by atoms with Crippen LogP contribution in [0.5, 0.6) is 5.75 Å². The van der Waals surface area contributed by atoms with Gasteiger partial charge >= 0.3 is 0 Å². The first-order chi connectivity index (χ1) is 13.3. The van der Waals surface area contributed by atoms with E-state index in [0.29, 0.717) is 0 Å². The number of benzene rings is 2. The van der Waals surface area contributed by atoms with Crippen LogP contribution in [0.15, 0.2) is 67.1 Å². The standard InChI is InChI=1S/C22H22N4O/c1-3-16-4-6-17(7-5-16)13-23-18-8-10-21-20(12-18)25-15-26(21)22-11-9-19(27-2)14-24-22/h4-12,14-15,23H,3,13H2,1-2H3. The number of pyridine rings is 1. The summed E-state index contributed by atoms with van der Waals surface area (Å²) in [5.41, 5.74) is 5.62. The Labute approximate surface area is 158 Å². The fourth-order valence-electron chi connectivity index (χ4n) is 3.04. The van der Waals surface area contributed by atoms with Gasteiger partial charge in [0.1, 0.15) is 17.9 Å². The Bertz CT molecular complexity index is 1040. The third-order valence-electron chi connectivity index (χ3n) is 4.68. The van der Waals surface area contributed by atoms with Gasteiger partial charge in [0.2, 0.25) is 0 Å². The maximum absolute atomic E-state index is 5.17. The van der Waals surface area contributed by atoms with E-state index in [0.717, 1.165) is 41.3 Å². The first kappa shape index (κ1) is 17.1. The quantitative estimate of drug-likeness (QED) is 0.547. The van der Waals surface area contributed by atoms with Gasteiger partial charge in [-0.25, -0.2) is 9.97 Å². The summed E-state index contributed by atoms with van der Waals surface area (Å²) < 4.78 is 7.14. The average molecular weight is 358 g/mol. The number of aryl methyl sites for hydroxylation is 1. The molecule has 2 heterocycles. The molecule has 136 valence electrons. The van der Waals surface area contributed by atoms with Crippen LogP contribution in [0.1, 0.15) is 18.1 Å². The zero-order chi connectivity index (χ0) is 18.6. The number of rotatable bonds is 6. The highest BCUT2D eigenvalue weighted by atomic mass is 16.5. The molecule has 27 heavy (non-hydrogen) atoms. The summed E-state index contributed by atoms with van der Waals surface area (Å²) in [5.74, 6) is 1.55. The molecule has 4 aromatic rings. The van der Waals surface area contributed by atoms with Gasteiger partial charge in [0.15, 0.2) is 0 Å². The first-order valence-corrected chi connectivity index (χ1v) is 9.06. The van der Waals surface area contributed by atoms with Crippen molar-refractivity contribution in [1.29, 1.82) is 0 Å². The van der Waals surface area contributed by atoms with E-state index in [4.69, 9.17) is 4.74 Å². The van der Waals surface area contributed by atoms with E-state index in [9.17, 15) is 0 Å². The van der Waals surface area contributed by atoms with Crippen molar-refractivity contribution in [2.75, 3.05) is 12.4 Å². The topological polar surface area (TPSA) is 52.0 Å². The highest BCUT2D eigenvalue weighted by molar-refractivity contribution is 5.81.